The van der Waals surface area contributed by atoms with E-state index in [0.29, 0.717) is 10.7 Å². The van der Waals surface area contributed by atoms with Crippen LogP contribution in [0.5, 0.6) is 0 Å². The fraction of sp³-hybridized carbons (Fsp3) is 0.167. The Bertz CT molecular complexity index is 1250. The average Bonchev–Trinajstić information content (AvgIpc) is 2.66. The van der Waals surface area contributed by atoms with Crippen LogP contribution in [-0.2, 0) is 18.9 Å². The quantitative estimate of drug-likeness (QED) is 0.690. The SMILES string of the molecule is CC(=O)Nc1ccc(Cl)cc1NC(=O)c1ccc2c(=O)n(C)c(=O)n(C)c2n1. The van der Waals surface area contributed by atoms with Crippen LogP contribution in [0.25, 0.3) is 11.0 Å². The van der Waals surface area contributed by atoms with Gasteiger partial charge in [-0.15, -0.1) is 0 Å². The summed E-state index contributed by atoms with van der Waals surface area (Å²) in [7, 11) is 2.83. The van der Waals surface area contributed by atoms with Gasteiger partial charge in [-0.1, -0.05) is 11.6 Å². The molecule has 3 aromatic rings. The third kappa shape index (κ3) is 3.52. The highest BCUT2D eigenvalue weighted by molar-refractivity contribution is 6.31. The molecular weight excluding hydrogens is 386 g/mol. The second-order valence-electron chi connectivity index (χ2n) is 6.10. The van der Waals surface area contributed by atoms with E-state index >= 15 is 0 Å². The Labute approximate surface area is 163 Å². The number of nitrogens with one attached hydrogen (secondary N) is 2. The molecule has 0 unspecified atom stereocenters. The van der Waals surface area contributed by atoms with E-state index in [1.54, 1.807) is 12.1 Å². The number of aromatic nitrogens is 3. The minimum absolute atomic E-state index is 0.00972. The normalized spacial score (nSPS) is 10.7. The minimum atomic E-state index is -0.594. The van der Waals surface area contributed by atoms with Crippen molar-refractivity contribution >= 4 is 45.8 Å². The first-order chi connectivity index (χ1) is 13.2. The van der Waals surface area contributed by atoms with E-state index in [4.69, 9.17) is 11.6 Å². The van der Waals surface area contributed by atoms with Crippen molar-refractivity contribution in [2.45, 2.75) is 6.92 Å². The Morgan fingerprint density at radius 1 is 1.00 bits per heavy atom. The van der Waals surface area contributed by atoms with Crippen LogP contribution in [0.15, 0.2) is 39.9 Å². The first-order valence-corrected chi connectivity index (χ1v) is 8.52. The summed E-state index contributed by atoms with van der Waals surface area (Å²) in [5.41, 5.74) is -0.316. The fourth-order valence-corrected chi connectivity index (χ4v) is 2.86. The molecule has 10 heteroatoms. The maximum atomic E-state index is 12.7. The standard InChI is InChI=1S/C18H16ClN5O4/c1-9(25)20-12-6-4-10(19)8-14(12)22-16(26)13-7-5-11-15(21-13)23(2)18(28)24(3)17(11)27/h4-8H,1-3H3,(H,20,25)(H,22,26). The maximum Gasteiger partial charge on any atom is 0.332 e. The maximum absolute atomic E-state index is 12.7. The van der Waals surface area contributed by atoms with Crippen LogP contribution in [0.4, 0.5) is 11.4 Å². The van der Waals surface area contributed by atoms with Crippen LogP contribution < -0.4 is 21.9 Å². The number of aryl methyl sites for hydroxylation is 1. The summed E-state index contributed by atoms with van der Waals surface area (Å²) in [5.74, 6) is -0.906. The van der Waals surface area contributed by atoms with Gasteiger partial charge < -0.3 is 10.6 Å². The van der Waals surface area contributed by atoms with Crippen LogP contribution >= 0.6 is 11.6 Å². The summed E-state index contributed by atoms with van der Waals surface area (Å²) in [4.78, 5) is 52.5. The monoisotopic (exact) mass is 401 g/mol. The number of rotatable bonds is 3. The summed E-state index contributed by atoms with van der Waals surface area (Å²) in [6, 6.07) is 7.43. The Morgan fingerprint density at radius 3 is 2.39 bits per heavy atom. The van der Waals surface area contributed by atoms with E-state index in [0.717, 1.165) is 4.57 Å². The van der Waals surface area contributed by atoms with Crippen LogP contribution in [0.1, 0.15) is 17.4 Å². The zero-order valence-electron chi connectivity index (χ0n) is 15.2. The van der Waals surface area contributed by atoms with E-state index in [2.05, 4.69) is 15.6 Å². The number of benzene rings is 1. The first-order valence-electron chi connectivity index (χ1n) is 8.14. The van der Waals surface area contributed by atoms with E-state index in [1.807, 2.05) is 0 Å². The van der Waals surface area contributed by atoms with Crippen molar-refractivity contribution in [1.29, 1.82) is 0 Å². The molecule has 28 heavy (non-hydrogen) atoms. The van der Waals surface area contributed by atoms with Crippen molar-refractivity contribution in [2.75, 3.05) is 10.6 Å². The lowest BCUT2D eigenvalue weighted by atomic mass is 10.2. The van der Waals surface area contributed by atoms with Crippen molar-refractivity contribution in [2.24, 2.45) is 14.1 Å². The number of carbonyl (C=O) groups excluding carboxylic acids is 2. The molecule has 2 amide bonds. The smallest absolute Gasteiger partial charge is 0.325 e. The van der Waals surface area contributed by atoms with Crippen molar-refractivity contribution < 1.29 is 9.59 Å². The minimum Gasteiger partial charge on any atom is -0.325 e. The Morgan fingerprint density at radius 2 is 1.71 bits per heavy atom. The van der Waals surface area contributed by atoms with Gasteiger partial charge in [0.15, 0.2) is 0 Å². The van der Waals surface area contributed by atoms with E-state index in [1.165, 1.54) is 43.8 Å². The summed E-state index contributed by atoms with van der Waals surface area (Å²) >= 11 is 5.98. The van der Waals surface area contributed by atoms with Gasteiger partial charge in [0.05, 0.1) is 16.8 Å². The molecule has 0 aliphatic heterocycles. The largest absolute Gasteiger partial charge is 0.332 e. The molecule has 0 spiro atoms. The lowest BCUT2D eigenvalue weighted by Gasteiger charge is -2.12. The van der Waals surface area contributed by atoms with Gasteiger partial charge >= 0.3 is 5.69 Å². The molecule has 0 saturated heterocycles. The summed E-state index contributed by atoms with van der Waals surface area (Å²) in [6.07, 6.45) is 0. The van der Waals surface area contributed by atoms with E-state index in [9.17, 15) is 19.2 Å². The molecule has 0 saturated carbocycles. The molecular formula is C18H16ClN5O4. The number of carbonyl (C=O) groups is 2. The highest BCUT2D eigenvalue weighted by Gasteiger charge is 2.15. The van der Waals surface area contributed by atoms with Crippen molar-refractivity contribution in [1.82, 2.24) is 14.1 Å². The highest BCUT2D eigenvalue weighted by atomic mass is 35.5. The van der Waals surface area contributed by atoms with Gasteiger partial charge in [0.2, 0.25) is 5.91 Å². The zero-order valence-corrected chi connectivity index (χ0v) is 16.0. The second kappa shape index (κ2) is 7.28. The number of pyridine rings is 1. The molecule has 0 bridgehead atoms. The van der Waals surface area contributed by atoms with Gasteiger partial charge in [0.25, 0.3) is 11.5 Å². The van der Waals surface area contributed by atoms with Crippen LogP contribution in [-0.4, -0.2) is 25.9 Å². The molecule has 0 radical (unpaired) electrons. The second-order valence-corrected chi connectivity index (χ2v) is 6.54. The van der Waals surface area contributed by atoms with Gasteiger partial charge in [-0.2, -0.15) is 0 Å². The fourth-order valence-electron chi connectivity index (χ4n) is 2.69. The molecule has 1 aromatic carbocycles. The molecule has 0 aliphatic carbocycles. The van der Waals surface area contributed by atoms with E-state index in [-0.39, 0.29) is 28.3 Å². The van der Waals surface area contributed by atoms with Gasteiger partial charge in [-0.05, 0) is 30.3 Å². The third-order valence-corrected chi connectivity index (χ3v) is 4.31. The summed E-state index contributed by atoms with van der Waals surface area (Å²) in [5, 5.41) is 5.80. The topological polar surface area (TPSA) is 115 Å². The predicted octanol–water partition coefficient (Wildman–Crippen LogP) is 1.50. The van der Waals surface area contributed by atoms with Crippen LogP contribution in [0, 0.1) is 0 Å². The van der Waals surface area contributed by atoms with Crippen molar-refractivity contribution in [3.63, 3.8) is 0 Å². The van der Waals surface area contributed by atoms with Gasteiger partial charge in [-0.3, -0.25) is 23.5 Å². The molecule has 144 valence electrons. The lowest BCUT2D eigenvalue weighted by molar-refractivity contribution is -0.114. The number of amides is 2. The van der Waals surface area contributed by atoms with Crippen molar-refractivity contribution in [3.05, 3.63) is 61.9 Å². The molecule has 3 rings (SSSR count). The van der Waals surface area contributed by atoms with Crippen LogP contribution in [0.2, 0.25) is 5.02 Å². The van der Waals surface area contributed by atoms with Crippen LogP contribution in [0.3, 0.4) is 0 Å². The molecule has 2 N–H and O–H groups in total. The van der Waals surface area contributed by atoms with E-state index < -0.39 is 17.2 Å². The van der Waals surface area contributed by atoms with Gasteiger partial charge in [0.1, 0.15) is 11.3 Å². The highest BCUT2D eigenvalue weighted by Crippen LogP contribution is 2.26. The Hall–Kier alpha value is -3.46. The molecule has 0 atom stereocenters. The average molecular weight is 402 g/mol. The third-order valence-electron chi connectivity index (χ3n) is 4.07. The molecule has 0 aliphatic rings. The summed E-state index contributed by atoms with van der Waals surface area (Å²) in [6.45, 7) is 1.34. The van der Waals surface area contributed by atoms with Crippen molar-refractivity contribution in [3.8, 4) is 0 Å². The number of nitrogens with zero attached hydrogens (tertiary/aromatic N) is 3. The number of hydrogen-bond donors (Lipinski definition) is 2. The molecule has 2 heterocycles. The first kappa shape index (κ1) is 19.3. The molecule has 0 fully saturated rings. The number of anilines is 2. The number of hydrogen-bond acceptors (Lipinski definition) is 5. The lowest BCUT2D eigenvalue weighted by Crippen LogP contribution is -2.37. The van der Waals surface area contributed by atoms with Gasteiger partial charge in [-0.25, -0.2) is 9.78 Å². The Balaban J connectivity index is 2.04. The molecule has 2 aromatic heterocycles. The number of halogens is 1. The molecule has 9 nitrogen and oxygen atoms in total. The predicted molar refractivity (Wildman–Crippen MR) is 106 cm³/mol. The Kier molecular flexibility index (Phi) is 5.02. The zero-order chi connectivity index (χ0) is 20.6. The van der Waals surface area contributed by atoms with Gasteiger partial charge in [0, 0.05) is 26.0 Å². The number of fused-ring (bicyclic) bond motifs is 1. The summed E-state index contributed by atoms with van der Waals surface area (Å²) < 4.78 is 2.16.